The van der Waals surface area contributed by atoms with Gasteiger partial charge in [0.15, 0.2) is 0 Å². The molecule has 0 saturated carbocycles. The van der Waals surface area contributed by atoms with Crippen LogP contribution >= 0.6 is 15.9 Å². The van der Waals surface area contributed by atoms with E-state index in [1.807, 2.05) is 0 Å². The maximum absolute atomic E-state index is 13.6. The SMILES string of the molecule is Cn1ncnc1NC(=O)c1cccc(Br)c1F. The molecule has 0 aliphatic rings. The van der Waals surface area contributed by atoms with E-state index in [9.17, 15) is 9.18 Å². The average Bonchev–Trinajstić information content (AvgIpc) is 2.68. The first kappa shape index (κ1) is 11.7. The van der Waals surface area contributed by atoms with E-state index in [4.69, 9.17) is 0 Å². The van der Waals surface area contributed by atoms with Crippen LogP contribution < -0.4 is 5.32 Å². The first-order valence-electron chi connectivity index (χ1n) is 4.69. The molecule has 0 aliphatic carbocycles. The Balaban J connectivity index is 2.27. The van der Waals surface area contributed by atoms with Crippen LogP contribution in [0.15, 0.2) is 29.0 Å². The van der Waals surface area contributed by atoms with Gasteiger partial charge < -0.3 is 0 Å². The Bertz CT molecular complexity index is 569. The maximum Gasteiger partial charge on any atom is 0.261 e. The molecule has 0 saturated heterocycles. The number of aromatic nitrogens is 3. The van der Waals surface area contributed by atoms with E-state index in [0.29, 0.717) is 0 Å². The van der Waals surface area contributed by atoms with E-state index < -0.39 is 11.7 Å². The quantitative estimate of drug-likeness (QED) is 0.922. The molecule has 2 aromatic rings. The monoisotopic (exact) mass is 298 g/mol. The molecule has 1 heterocycles. The molecule has 1 N–H and O–H groups in total. The smallest absolute Gasteiger partial charge is 0.261 e. The van der Waals surface area contributed by atoms with Crippen molar-refractivity contribution in [1.82, 2.24) is 14.8 Å². The van der Waals surface area contributed by atoms with Crippen molar-refractivity contribution in [2.24, 2.45) is 7.05 Å². The minimum atomic E-state index is -0.604. The van der Waals surface area contributed by atoms with Gasteiger partial charge in [-0.3, -0.25) is 10.1 Å². The van der Waals surface area contributed by atoms with Crippen molar-refractivity contribution in [2.75, 3.05) is 5.32 Å². The highest BCUT2D eigenvalue weighted by molar-refractivity contribution is 9.10. The van der Waals surface area contributed by atoms with E-state index in [0.717, 1.165) is 0 Å². The van der Waals surface area contributed by atoms with Crippen molar-refractivity contribution in [2.45, 2.75) is 0 Å². The van der Waals surface area contributed by atoms with Crippen molar-refractivity contribution in [3.63, 3.8) is 0 Å². The van der Waals surface area contributed by atoms with Crippen LogP contribution in [0.25, 0.3) is 0 Å². The number of hydrogen-bond donors (Lipinski definition) is 1. The van der Waals surface area contributed by atoms with Crippen LogP contribution in [-0.2, 0) is 7.05 Å². The fraction of sp³-hybridized carbons (Fsp3) is 0.100. The fourth-order valence-electron chi connectivity index (χ4n) is 1.26. The Kier molecular flexibility index (Phi) is 3.19. The van der Waals surface area contributed by atoms with Gasteiger partial charge in [-0.2, -0.15) is 10.1 Å². The lowest BCUT2D eigenvalue weighted by Crippen LogP contribution is -2.16. The fourth-order valence-corrected chi connectivity index (χ4v) is 1.62. The number of carbonyl (C=O) groups excluding carboxylic acids is 1. The lowest BCUT2D eigenvalue weighted by atomic mass is 10.2. The van der Waals surface area contributed by atoms with Crippen LogP contribution in [-0.4, -0.2) is 20.7 Å². The molecule has 0 spiro atoms. The van der Waals surface area contributed by atoms with Gasteiger partial charge >= 0.3 is 0 Å². The van der Waals surface area contributed by atoms with Gasteiger partial charge in [-0.1, -0.05) is 6.07 Å². The predicted octanol–water partition coefficient (Wildman–Crippen LogP) is 1.97. The molecule has 7 heteroatoms. The van der Waals surface area contributed by atoms with Gasteiger partial charge in [-0.15, -0.1) is 0 Å². The number of nitrogens with one attached hydrogen (secondary N) is 1. The van der Waals surface area contributed by atoms with Gasteiger partial charge in [-0.25, -0.2) is 9.07 Å². The van der Waals surface area contributed by atoms with Crippen molar-refractivity contribution >= 4 is 27.8 Å². The zero-order chi connectivity index (χ0) is 12.4. The third-order valence-corrected chi connectivity index (χ3v) is 2.75. The Morgan fingerprint density at radius 1 is 1.53 bits per heavy atom. The molecule has 5 nitrogen and oxygen atoms in total. The van der Waals surface area contributed by atoms with E-state index in [2.05, 4.69) is 31.3 Å². The van der Waals surface area contributed by atoms with Gasteiger partial charge in [0.2, 0.25) is 5.95 Å². The second-order valence-electron chi connectivity index (χ2n) is 3.26. The van der Waals surface area contributed by atoms with E-state index in [1.165, 1.54) is 23.1 Å². The molecular formula is C10H8BrFN4O. The first-order chi connectivity index (χ1) is 8.09. The number of aryl methyl sites for hydroxylation is 1. The van der Waals surface area contributed by atoms with E-state index in [-0.39, 0.29) is 16.0 Å². The first-order valence-corrected chi connectivity index (χ1v) is 5.48. The van der Waals surface area contributed by atoms with Crippen LogP contribution in [0, 0.1) is 5.82 Å². The molecule has 0 atom stereocenters. The van der Waals surface area contributed by atoms with Crippen molar-refractivity contribution in [3.05, 3.63) is 40.4 Å². The van der Waals surface area contributed by atoms with Gasteiger partial charge in [0, 0.05) is 7.05 Å². The molecule has 1 aromatic carbocycles. The van der Waals surface area contributed by atoms with Crippen LogP contribution in [0.3, 0.4) is 0 Å². The molecule has 0 radical (unpaired) electrons. The minimum absolute atomic E-state index is 0.0534. The Hall–Kier alpha value is -1.76. The molecule has 0 unspecified atom stereocenters. The summed E-state index contributed by atoms with van der Waals surface area (Å²) < 4.78 is 15.3. The second-order valence-corrected chi connectivity index (χ2v) is 4.12. The van der Waals surface area contributed by atoms with Gasteiger partial charge in [-0.05, 0) is 28.1 Å². The number of anilines is 1. The molecule has 88 valence electrons. The summed E-state index contributed by atoms with van der Waals surface area (Å²) in [4.78, 5) is 15.6. The van der Waals surface area contributed by atoms with Crippen molar-refractivity contribution < 1.29 is 9.18 Å². The Morgan fingerprint density at radius 3 is 2.94 bits per heavy atom. The summed E-state index contributed by atoms with van der Waals surface area (Å²) in [7, 11) is 1.62. The lowest BCUT2D eigenvalue weighted by Gasteiger charge is -2.05. The largest absolute Gasteiger partial charge is 0.291 e. The summed E-state index contributed by atoms with van der Waals surface area (Å²) in [5.74, 6) is -0.915. The number of rotatable bonds is 2. The summed E-state index contributed by atoms with van der Waals surface area (Å²) in [6.07, 6.45) is 1.30. The highest BCUT2D eigenvalue weighted by Crippen LogP contribution is 2.19. The topological polar surface area (TPSA) is 59.8 Å². The molecule has 17 heavy (non-hydrogen) atoms. The minimum Gasteiger partial charge on any atom is -0.291 e. The van der Waals surface area contributed by atoms with Gasteiger partial charge in [0.05, 0.1) is 10.0 Å². The average molecular weight is 299 g/mol. The maximum atomic E-state index is 13.6. The number of benzene rings is 1. The predicted molar refractivity (Wildman–Crippen MR) is 63.1 cm³/mol. The van der Waals surface area contributed by atoms with Crippen LogP contribution in [0.5, 0.6) is 0 Å². The summed E-state index contributed by atoms with van der Waals surface area (Å²) >= 11 is 3.02. The number of halogens is 2. The molecular weight excluding hydrogens is 291 g/mol. The summed E-state index contributed by atoms with van der Waals surface area (Å²) in [5, 5.41) is 6.26. The number of carbonyl (C=O) groups is 1. The molecule has 1 amide bonds. The number of nitrogens with zero attached hydrogens (tertiary/aromatic N) is 3. The van der Waals surface area contributed by atoms with Crippen molar-refractivity contribution in [1.29, 1.82) is 0 Å². The number of hydrogen-bond acceptors (Lipinski definition) is 3. The summed E-state index contributed by atoms with van der Waals surface area (Å²) in [6, 6.07) is 4.50. The Labute approximate surface area is 105 Å². The standard InChI is InChI=1S/C10H8BrFN4O/c1-16-10(13-5-14-16)15-9(17)6-3-2-4-7(11)8(6)12/h2-5H,1H3,(H,13,14,15,17). The lowest BCUT2D eigenvalue weighted by molar-refractivity contribution is 0.102. The molecule has 0 aliphatic heterocycles. The van der Waals surface area contributed by atoms with E-state index in [1.54, 1.807) is 13.1 Å². The third-order valence-electron chi connectivity index (χ3n) is 2.13. The zero-order valence-electron chi connectivity index (χ0n) is 8.82. The summed E-state index contributed by atoms with van der Waals surface area (Å²) in [6.45, 7) is 0. The normalized spacial score (nSPS) is 10.3. The molecule has 0 fully saturated rings. The Morgan fingerprint density at radius 2 is 2.29 bits per heavy atom. The highest BCUT2D eigenvalue weighted by atomic mass is 79.9. The number of amides is 1. The van der Waals surface area contributed by atoms with Crippen LogP contribution in [0.2, 0.25) is 0 Å². The van der Waals surface area contributed by atoms with Crippen LogP contribution in [0.1, 0.15) is 10.4 Å². The highest BCUT2D eigenvalue weighted by Gasteiger charge is 2.15. The third kappa shape index (κ3) is 2.33. The molecule has 2 rings (SSSR count). The van der Waals surface area contributed by atoms with E-state index >= 15 is 0 Å². The molecule has 1 aromatic heterocycles. The summed E-state index contributed by atoms with van der Waals surface area (Å²) in [5.41, 5.74) is -0.0534. The van der Waals surface area contributed by atoms with Crippen molar-refractivity contribution in [3.8, 4) is 0 Å². The van der Waals surface area contributed by atoms with Gasteiger partial charge in [0.25, 0.3) is 5.91 Å². The second kappa shape index (κ2) is 4.62. The van der Waals surface area contributed by atoms with Crippen LogP contribution in [0.4, 0.5) is 10.3 Å². The van der Waals surface area contributed by atoms with Gasteiger partial charge in [0.1, 0.15) is 12.1 Å². The zero-order valence-corrected chi connectivity index (χ0v) is 10.4. The molecule has 0 bridgehead atoms.